The Kier molecular flexibility index (Phi) is 4.49. The molecule has 1 N–H and O–H groups in total. The van der Waals surface area contributed by atoms with E-state index in [1.165, 1.54) is 0 Å². The highest BCUT2D eigenvalue weighted by Gasteiger charge is 2.27. The summed E-state index contributed by atoms with van der Waals surface area (Å²) in [7, 11) is 1.82. The van der Waals surface area contributed by atoms with Crippen LogP contribution in [0.4, 0.5) is 16.6 Å². The second-order valence-corrected chi connectivity index (χ2v) is 7.63. The number of rotatable bonds is 2. The molecule has 1 aliphatic heterocycles. The molecule has 0 aliphatic carbocycles. The Morgan fingerprint density at radius 3 is 2.58 bits per heavy atom. The Morgan fingerprint density at radius 2 is 1.96 bits per heavy atom. The van der Waals surface area contributed by atoms with Gasteiger partial charge in [0, 0.05) is 33.2 Å². The first-order chi connectivity index (χ1) is 11.4. The fraction of sp³-hybridized carbons (Fsp3) is 0.562. The van der Waals surface area contributed by atoms with E-state index in [4.69, 9.17) is 4.74 Å². The van der Waals surface area contributed by atoms with Crippen LogP contribution in [0.2, 0.25) is 0 Å². The average Bonchev–Trinajstić information content (AvgIpc) is 3.00. The summed E-state index contributed by atoms with van der Waals surface area (Å²) in [5.41, 5.74) is 0.482. The molecule has 0 aromatic carbocycles. The van der Waals surface area contributed by atoms with E-state index in [1.807, 2.05) is 39.3 Å². The van der Waals surface area contributed by atoms with Crippen molar-refractivity contribution in [2.24, 2.45) is 0 Å². The van der Waals surface area contributed by atoms with Gasteiger partial charge in [0.1, 0.15) is 5.60 Å². The molecule has 0 unspecified atom stereocenters. The van der Waals surface area contributed by atoms with Crippen LogP contribution in [0, 0.1) is 0 Å². The van der Waals surface area contributed by atoms with E-state index in [0.717, 1.165) is 29.1 Å². The zero-order valence-electron chi connectivity index (χ0n) is 14.5. The molecule has 1 aliphatic rings. The standard InChI is InChI=1S/C16H23N5O2S/c1-16(2,3)23-15(22)21-8-6-20(7-9-21)13-12-11(5-10-24-12)18-14(17-4)19-13/h5,10H,6-9H2,1-4H3,(H,17,18,19). The van der Waals surface area contributed by atoms with Gasteiger partial charge in [-0.15, -0.1) is 11.3 Å². The number of aromatic nitrogens is 2. The Labute approximate surface area is 145 Å². The lowest BCUT2D eigenvalue weighted by atomic mass is 10.2. The van der Waals surface area contributed by atoms with Gasteiger partial charge in [0.15, 0.2) is 5.82 Å². The lowest BCUT2D eigenvalue weighted by Crippen LogP contribution is -2.50. The zero-order chi connectivity index (χ0) is 17.3. The van der Waals surface area contributed by atoms with E-state index in [9.17, 15) is 4.79 Å². The monoisotopic (exact) mass is 349 g/mol. The minimum atomic E-state index is -0.467. The summed E-state index contributed by atoms with van der Waals surface area (Å²) in [6, 6.07) is 2.00. The van der Waals surface area contributed by atoms with Crippen molar-refractivity contribution in [1.29, 1.82) is 0 Å². The molecule has 2 aromatic heterocycles. The van der Waals surface area contributed by atoms with Crippen molar-refractivity contribution in [3.63, 3.8) is 0 Å². The van der Waals surface area contributed by atoms with Gasteiger partial charge in [0.2, 0.25) is 5.95 Å². The molecule has 0 radical (unpaired) electrons. The van der Waals surface area contributed by atoms with Gasteiger partial charge >= 0.3 is 6.09 Å². The van der Waals surface area contributed by atoms with Crippen LogP contribution in [0.5, 0.6) is 0 Å². The van der Waals surface area contributed by atoms with Crippen molar-refractivity contribution >= 4 is 39.4 Å². The first-order valence-electron chi connectivity index (χ1n) is 8.03. The summed E-state index contributed by atoms with van der Waals surface area (Å²) in [5.74, 6) is 1.55. The maximum absolute atomic E-state index is 12.2. The predicted octanol–water partition coefficient (Wildman–Crippen LogP) is 2.79. The fourth-order valence-electron chi connectivity index (χ4n) is 2.60. The fourth-order valence-corrected chi connectivity index (χ4v) is 3.45. The third-order valence-electron chi connectivity index (χ3n) is 3.74. The highest BCUT2D eigenvalue weighted by Crippen LogP contribution is 2.30. The second-order valence-electron chi connectivity index (χ2n) is 6.71. The first kappa shape index (κ1) is 16.8. The van der Waals surface area contributed by atoms with E-state index < -0.39 is 5.60 Å². The van der Waals surface area contributed by atoms with Crippen LogP contribution in [0.3, 0.4) is 0 Å². The van der Waals surface area contributed by atoms with Gasteiger partial charge in [-0.25, -0.2) is 9.78 Å². The SMILES string of the molecule is CNc1nc(N2CCN(C(=O)OC(C)(C)C)CC2)c2sccc2n1. The number of nitrogens with zero attached hydrogens (tertiary/aromatic N) is 4. The molecule has 0 atom stereocenters. The van der Waals surface area contributed by atoms with E-state index in [1.54, 1.807) is 16.2 Å². The lowest BCUT2D eigenvalue weighted by Gasteiger charge is -2.36. The number of ether oxygens (including phenoxy) is 1. The van der Waals surface area contributed by atoms with Crippen LogP contribution >= 0.6 is 11.3 Å². The van der Waals surface area contributed by atoms with Crippen LogP contribution in [0.15, 0.2) is 11.4 Å². The average molecular weight is 349 g/mol. The molecular weight excluding hydrogens is 326 g/mol. The molecule has 3 heterocycles. The van der Waals surface area contributed by atoms with Crippen molar-refractivity contribution in [1.82, 2.24) is 14.9 Å². The Hall–Kier alpha value is -2.09. The van der Waals surface area contributed by atoms with Crippen LogP contribution < -0.4 is 10.2 Å². The van der Waals surface area contributed by atoms with E-state index in [2.05, 4.69) is 20.2 Å². The summed E-state index contributed by atoms with van der Waals surface area (Å²) in [6.07, 6.45) is -0.248. The molecule has 8 heteroatoms. The minimum absolute atomic E-state index is 0.248. The predicted molar refractivity (Wildman–Crippen MR) is 97.0 cm³/mol. The third kappa shape index (κ3) is 3.53. The minimum Gasteiger partial charge on any atom is -0.444 e. The van der Waals surface area contributed by atoms with Gasteiger partial charge in [-0.3, -0.25) is 0 Å². The molecule has 3 rings (SSSR count). The van der Waals surface area contributed by atoms with Crippen molar-refractivity contribution in [3.05, 3.63) is 11.4 Å². The van der Waals surface area contributed by atoms with E-state index >= 15 is 0 Å². The number of amides is 1. The second kappa shape index (κ2) is 6.43. The van der Waals surface area contributed by atoms with Crippen molar-refractivity contribution < 1.29 is 9.53 Å². The lowest BCUT2D eigenvalue weighted by molar-refractivity contribution is 0.0240. The molecule has 0 spiro atoms. The topological polar surface area (TPSA) is 70.6 Å². The highest BCUT2D eigenvalue weighted by atomic mass is 32.1. The number of piperazine rings is 1. The number of anilines is 2. The first-order valence-corrected chi connectivity index (χ1v) is 8.91. The quantitative estimate of drug-likeness (QED) is 0.899. The van der Waals surface area contributed by atoms with Gasteiger partial charge in [0.25, 0.3) is 0 Å². The molecule has 1 saturated heterocycles. The number of nitrogens with one attached hydrogen (secondary N) is 1. The normalized spacial score (nSPS) is 15.7. The molecule has 0 bridgehead atoms. The van der Waals surface area contributed by atoms with E-state index in [-0.39, 0.29) is 6.09 Å². The highest BCUT2D eigenvalue weighted by molar-refractivity contribution is 7.17. The van der Waals surface area contributed by atoms with Gasteiger partial charge in [0.05, 0.1) is 10.2 Å². The Morgan fingerprint density at radius 1 is 1.25 bits per heavy atom. The maximum atomic E-state index is 12.2. The van der Waals surface area contributed by atoms with Gasteiger partial charge < -0.3 is 19.9 Å². The molecule has 0 saturated carbocycles. The molecule has 24 heavy (non-hydrogen) atoms. The van der Waals surface area contributed by atoms with Crippen molar-refractivity contribution in [2.75, 3.05) is 43.4 Å². The zero-order valence-corrected chi connectivity index (χ0v) is 15.3. The number of carbonyl (C=O) groups is 1. The smallest absolute Gasteiger partial charge is 0.410 e. The molecule has 1 fully saturated rings. The number of hydrogen-bond acceptors (Lipinski definition) is 7. The van der Waals surface area contributed by atoms with Gasteiger partial charge in [-0.2, -0.15) is 4.98 Å². The van der Waals surface area contributed by atoms with Crippen LogP contribution in [0.25, 0.3) is 10.2 Å². The van der Waals surface area contributed by atoms with E-state index in [0.29, 0.717) is 19.0 Å². The maximum Gasteiger partial charge on any atom is 0.410 e. The Balaban J connectivity index is 1.73. The summed E-state index contributed by atoms with van der Waals surface area (Å²) in [5, 5.41) is 5.04. The van der Waals surface area contributed by atoms with Gasteiger partial charge in [-0.1, -0.05) is 0 Å². The summed E-state index contributed by atoms with van der Waals surface area (Å²) < 4.78 is 6.53. The number of fused-ring (bicyclic) bond motifs is 1. The molecule has 130 valence electrons. The number of carbonyl (C=O) groups excluding carboxylic acids is 1. The molecule has 1 amide bonds. The van der Waals surface area contributed by atoms with Gasteiger partial charge in [-0.05, 0) is 32.2 Å². The molecule has 7 nitrogen and oxygen atoms in total. The summed E-state index contributed by atoms with van der Waals surface area (Å²) >= 11 is 1.64. The van der Waals surface area contributed by atoms with Crippen molar-refractivity contribution in [2.45, 2.75) is 26.4 Å². The number of thiophene rings is 1. The largest absolute Gasteiger partial charge is 0.444 e. The third-order valence-corrected chi connectivity index (χ3v) is 4.64. The molecule has 2 aromatic rings. The summed E-state index contributed by atoms with van der Waals surface area (Å²) in [6.45, 7) is 8.36. The van der Waals surface area contributed by atoms with Crippen LogP contribution in [0.1, 0.15) is 20.8 Å². The summed E-state index contributed by atoms with van der Waals surface area (Å²) in [4.78, 5) is 25.2. The van der Waals surface area contributed by atoms with Crippen molar-refractivity contribution in [3.8, 4) is 0 Å². The van der Waals surface area contributed by atoms with Crippen LogP contribution in [-0.2, 0) is 4.74 Å². The molecular formula is C16H23N5O2S. The Bertz CT molecular complexity index is 732. The van der Waals surface area contributed by atoms with Crippen LogP contribution in [-0.4, -0.2) is 59.8 Å². The number of hydrogen-bond donors (Lipinski definition) is 1.